The number of carbonyl (C=O) groups is 1. The lowest BCUT2D eigenvalue weighted by molar-refractivity contribution is 0.0564. The topological polar surface area (TPSA) is 79.8 Å². The van der Waals surface area contributed by atoms with Crippen molar-refractivity contribution in [2.24, 2.45) is 0 Å². The van der Waals surface area contributed by atoms with Gasteiger partial charge in [-0.25, -0.2) is 22.0 Å². The molecule has 1 amide bonds. The first-order valence-electron chi connectivity index (χ1n) is 10.8. The first kappa shape index (κ1) is 25.0. The largest absolute Gasteiger partial charge is 0.449 e. The Hall–Kier alpha value is -2.59. The van der Waals surface area contributed by atoms with Gasteiger partial charge in [0.15, 0.2) is 9.84 Å². The van der Waals surface area contributed by atoms with Crippen molar-refractivity contribution < 1.29 is 26.7 Å². The lowest BCUT2D eigenvalue weighted by Gasteiger charge is -2.36. The maximum Gasteiger partial charge on any atom is 0.409 e. The Kier molecular flexibility index (Phi) is 8.36. The highest BCUT2D eigenvalue weighted by Crippen LogP contribution is 2.22. The molecule has 0 N–H and O–H groups in total. The molecule has 3 rings (SSSR count). The van der Waals surface area contributed by atoms with Crippen molar-refractivity contribution in [2.75, 3.05) is 33.0 Å². The molecule has 33 heavy (non-hydrogen) atoms. The fourth-order valence-corrected chi connectivity index (χ4v) is 4.43. The Balaban J connectivity index is 1.49. The first-order chi connectivity index (χ1) is 15.6. The van der Waals surface area contributed by atoms with Crippen LogP contribution in [0.15, 0.2) is 47.5 Å². The first-order valence-corrected chi connectivity index (χ1v) is 12.7. The number of rotatable bonds is 8. The van der Waals surface area contributed by atoms with Crippen LogP contribution in [0.5, 0.6) is 0 Å². The van der Waals surface area contributed by atoms with Crippen molar-refractivity contribution in [3.05, 3.63) is 48.2 Å². The summed E-state index contributed by atoms with van der Waals surface area (Å²) in [5, 5.41) is 0. The van der Waals surface area contributed by atoms with Gasteiger partial charge in [0.25, 0.3) is 0 Å². The summed E-state index contributed by atoms with van der Waals surface area (Å²) in [5.41, 5.74) is 2.65. The fourth-order valence-electron chi connectivity index (χ4n) is 3.79. The van der Waals surface area contributed by atoms with Crippen LogP contribution in [0.1, 0.15) is 24.8 Å². The number of likely N-dealkylation sites (tertiary alicyclic amines) is 1. The fraction of sp³-hybridized carbons (Fsp3) is 0.478. The SMILES string of the molecule is CN(Cc1ccc(-c2ccc(S(C)(=O)=O)cc2)nc1)C1CCN(C(=O)OCCC(F)F)CC1. The molecule has 0 bridgehead atoms. The molecule has 0 radical (unpaired) electrons. The zero-order valence-corrected chi connectivity index (χ0v) is 19.6. The van der Waals surface area contributed by atoms with E-state index in [9.17, 15) is 22.0 Å². The number of sulfone groups is 1. The Morgan fingerprint density at radius 1 is 1.18 bits per heavy atom. The van der Waals surface area contributed by atoms with Crippen LogP contribution in [-0.2, 0) is 21.1 Å². The number of nitrogens with zero attached hydrogens (tertiary/aromatic N) is 3. The van der Waals surface area contributed by atoms with Gasteiger partial charge < -0.3 is 9.64 Å². The number of ether oxygens (including phenoxy) is 1. The van der Waals surface area contributed by atoms with E-state index in [1.165, 1.54) is 6.26 Å². The number of hydrogen-bond donors (Lipinski definition) is 0. The van der Waals surface area contributed by atoms with Crippen molar-refractivity contribution in [1.29, 1.82) is 0 Å². The lowest BCUT2D eigenvalue weighted by Crippen LogP contribution is -2.45. The van der Waals surface area contributed by atoms with Gasteiger partial charge in [0.05, 0.1) is 17.2 Å². The average molecular weight is 482 g/mol. The van der Waals surface area contributed by atoms with Gasteiger partial charge in [-0.05, 0) is 43.7 Å². The van der Waals surface area contributed by atoms with Crippen LogP contribution in [0, 0.1) is 0 Å². The molecule has 0 spiro atoms. The molecule has 2 aromatic rings. The Labute approximate surface area is 193 Å². The van der Waals surface area contributed by atoms with Gasteiger partial charge >= 0.3 is 6.09 Å². The second kappa shape index (κ2) is 11.0. The summed E-state index contributed by atoms with van der Waals surface area (Å²) >= 11 is 0. The summed E-state index contributed by atoms with van der Waals surface area (Å²) in [6.07, 6.45) is 1.10. The minimum absolute atomic E-state index is 0.263. The molecular weight excluding hydrogens is 452 g/mol. The molecule has 7 nitrogen and oxygen atoms in total. The number of hydrogen-bond acceptors (Lipinski definition) is 6. The number of pyridine rings is 1. The van der Waals surface area contributed by atoms with Crippen LogP contribution in [-0.4, -0.2) is 74.8 Å². The highest BCUT2D eigenvalue weighted by molar-refractivity contribution is 7.90. The van der Waals surface area contributed by atoms with Gasteiger partial charge in [-0.1, -0.05) is 18.2 Å². The van der Waals surface area contributed by atoms with Gasteiger partial charge in [-0.2, -0.15) is 0 Å². The van der Waals surface area contributed by atoms with E-state index in [4.69, 9.17) is 4.74 Å². The van der Waals surface area contributed by atoms with Crippen LogP contribution in [0.25, 0.3) is 11.3 Å². The zero-order chi connectivity index (χ0) is 24.0. The summed E-state index contributed by atoms with van der Waals surface area (Å²) in [5.74, 6) is 0. The zero-order valence-electron chi connectivity index (χ0n) is 18.8. The Bertz CT molecular complexity index is 1020. The van der Waals surface area contributed by atoms with Crippen LogP contribution >= 0.6 is 0 Å². The maximum atomic E-state index is 12.2. The molecule has 1 aliphatic rings. The Morgan fingerprint density at radius 3 is 2.39 bits per heavy atom. The molecule has 1 aromatic carbocycles. The van der Waals surface area contributed by atoms with Gasteiger partial charge in [0, 0.05) is 50.1 Å². The highest BCUT2D eigenvalue weighted by atomic mass is 32.2. The second-order valence-electron chi connectivity index (χ2n) is 8.28. The molecular formula is C23H29F2N3O4S. The standard InChI is InChI=1S/C23H29F2N3O4S/c1-27(19-9-12-28(13-10-19)23(29)32-14-11-22(24)25)16-17-3-8-21(26-15-17)18-4-6-20(7-5-18)33(2,30)31/h3-8,15,19,22H,9-14,16H2,1-2H3. The van der Waals surface area contributed by atoms with Crippen LogP contribution in [0.4, 0.5) is 13.6 Å². The highest BCUT2D eigenvalue weighted by Gasteiger charge is 2.26. The molecule has 2 heterocycles. The number of alkyl halides is 2. The van der Waals surface area contributed by atoms with Crippen molar-refractivity contribution in [3.63, 3.8) is 0 Å². The van der Waals surface area contributed by atoms with E-state index in [-0.39, 0.29) is 11.5 Å². The predicted octanol–water partition coefficient (Wildman–Crippen LogP) is 3.84. The summed E-state index contributed by atoms with van der Waals surface area (Å²) in [4.78, 5) is 20.6. The van der Waals surface area contributed by atoms with Crippen molar-refractivity contribution in [2.45, 2.75) is 43.2 Å². The number of aromatic nitrogens is 1. The minimum atomic E-state index is -3.23. The third-order valence-electron chi connectivity index (χ3n) is 5.74. The van der Waals surface area contributed by atoms with E-state index >= 15 is 0 Å². The van der Waals surface area contributed by atoms with E-state index in [1.807, 2.05) is 25.4 Å². The van der Waals surface area contributed by atoms with Gasteiger partial charge in [0.1, 0.15) is 0 Å². The molecule has 0 unspecified atom stereocenters. The van der Waals surface area contributed by atoms with Crippen molar-refractivity contribution in [3.8, 4) is 11.3 Å². The number of amides is 1. The maximum absolute atomic E-state index is 12.2. The molecule has 0 atom stereocenters. The number of benzene rings is 1. The van der Waals surface area contributed by atoms with Gasteiger partial charge in [0.2, 0.25) is 6.43 Å². The predicted molar refractivity (Wildman–Crippen MR) is 121 cm³/mol. The molecule has 1 saturated heterocycles. The molecule has 10 heteroatoms. The third-order valence-corrected chi connectivity index (χ3v) is 6.87. The van der Waals surface area contributed by atoms with Crippen LogP contribution in [0.3, 0.4) is 0 Å². The summed E-state index contributed by atoms with van der Waals surface area (Å²) in [7, 11) is -1.20. The Morgan fingerprint density at radius 2 is 1.85 bits per heavy atom. The van der Waals surface area contributed by atoms with E-state index in [0.717, 1.165) is 29.7 Å². The minimum Gasteiger partial charge on any atom is -0.449 e. The lowest BCUT2D eigenvalue weighted by atomic mass is 10.0. The molecule has 1 aliphatic heterocycles. The quantitative estimate of drug-likeness (QED) is 0.570. The van der Waals surface area contributed by atoms with E-state index in [2.05, 4.69) is 9.88 Å². The number of piperidine rings is 1. The molecule has 1 aromatic heterocycles. The summed E-state index contributed by atoms with van der Waals surface area (Å²) in [6.45, 7) is 1.50. The smallest absolute Gasteiger partial charge is 0.409 e. The summed E-state index contributed by atoms with van der Waals surface area (Å²) < 4.78 is 52.5. The van der Waals surface area contributed by atoms with Crippen molar-refractivity contribution in [1.82, 2.24) is 14.8 Å². The third kappa shape index (κ3) is 7.20. The van der Waals surface area contributed by atoms with Crippen LogP contribution < -0.4 is 0 Å². The van der Waals surface area contributed by atoms with Gasteiger partial charge in [-0.15, -0.1) is 0 Å². The van der Waals surface area contributed by atoms with E-state index < -0.39 is 28.8 Å². The normalized spacial score (nSPS) is 15.3. The van der Waals surface area contributed by atoms with E-state index in [1.54, 1.807) is 29.2 Å². The number of halogens is 2. The molecule has 1 fully saturated rings. The summed E-state index contributed by atoms with van der Waals surface area (Å²) in [6, 6.07) is 10.9. The van der Waals surface area contributed by atoms with Crippen LogP contribution in [0.2, 0.25) is 0 Å². The van der Waals surface area contributed by atoms with E-state index in [0.29, 0.717) is 25.7 Å². The molecule has 0 saturated carbocycles. The second-order valence-corrected chi connectivity index (χ2v) is 10.3. The average Bonchev–Trinajstić information content (AvgIpc) is 2.79. The number of carbonyl (C=O) groups excluding carboxylic acids is 1. The monoisotopic (exact) mass is 481 g/mol. The van der Waals surface area contributed by atoms with Gasteiger partial charge in [-0.3, -0.25) is 9.88 Å². The van der Waals surface area contributed by atoms with Crippen molar-refractivity contribution >= 4 is 15.9 Å². The molecule has 180 valence electrons. The molecule has 0 aliphatic carbocycles.